The Morgan fingerprint density at radius 1 is 1.10 bits per heavy atom. The first-order chi connectivity index (χ1) is 9.69. The SMILES string of the molecule is Cc1cc(F)cc2nc(-c3ccccc3)cc(NN)c12. The van der Waals surface area contributed by atoms with E-state index in [9.17, 15) is 4.39 Å². The number of nitrogens with zero attached hydrogens (tertiary/aromatic N) is 1. The number of fused-ring (bicyclic) bond motifs is 1. The van der Waals surface area contributed by atoms with Crippen molar-refractivity contribution >= 4 is 16.6 Å². The lowest BCUT2D eigenvalue weighted by molar-refractivity contribution is 0.628. The van der Waals surface area contributed by atoms with Gasteiger partial charge in [-0.05, 0) is 24.6 Å². The molecule has 0 atom stereocenters. The number of aryl methyl sites for hydroxylation is 1. The van der Waals surface area contributed by atoms with Crippen molar-refractivity contribution in [3.05, 3.63) is 59.9 Å². The number of anilines is 1. The third kappa shape index (κ3) is 2.10. The minimum absolute atomic E-state index is 0.296. The topological polar surface area (TPSA) is 50.9 Å². The number of aromatic nitrogens is 1. The standard InChI is InChI=1S/C16H14FN3/c1-10-7-12(17)8-14-16(10)15(20-18)9-13(19-14)11-5-3-2-4-6-11/h2-9H,18H2,1H3,(H,19,20). The van der Waals surface area contributed by atoms with Crippen LogP contribution in [-0.4, -0.2) is 4.98 Å². The monoisotopic (exact) mass is 267 g/mol. The Bertz CT molecular complexity index is 770. The van der Waals surface area contributed by atoms with Crippen LogP contribution >= 0.6 is 0 Å². The number of benzene rings is 2. The summed E-state index contributed by atoms with van der Waals surface area (Å²) >= 11 is 0. The average molecular weight is 267 g/mol. The molecule has 0 aliphatic carbocycles. The number of rotatable bonds is 2. The van der Waals surface area contributed by atoms with Gasteiger partial charge in [0.05, 0.1) is 16.9 Å². The van der Waals surface area contributed by atoms with Crippen LogP contribution in [0, 0.1) is 12.7 Å². The Hall–Kier alpha value is -2.46. The normalized spacial score (nSPS) is 10.8. The first-order valence-corrected chi connectivity index (χ1v) is 6.32. The molecule has 0 unspecified atom stereocenters. The second-order valence-electron chi connectivity index (χ2n) is 4.68. The fourth-order valence-electron chi connectivity index (χ4n) is 2.41. The van der Waals surface area contributed by atoms with Crippen molar-refractivity contribution in [3.8, 4) is 11.3 Å². The third-order valence-electron chi connectivity index (χ3n) is 3.30. The number of nitrogens with one attached hydrogen (secondary N) is 1. The molecule has 0 radical (unpaired) electrons. The van der Waals surface area contributed by atoms with Gasteiger partial charge in [-0.2, -0.15) is 0 Å². The summed E-state index contributed by atoms with van der Waals surface area (Å²) in [5.41, 5.74) is 6.55. The fourth-order valence-corrected chi connectivity index (χ4v) is 2.41. The van der Waals surface area contributed by atoms with E-state index in [2.05, 4.69) is 10.4 Å². The Morgan fingerprint density at radius 2 is 1.85 bits per heavy atom. The van der Waals surface area contributed by atoms with Crippen molar-refractivity contribution in [1.29, 1.82) is 0 Å². The fraction of sp³-hybridized carbons (Fsp3) is 0.0625. The van der Waals surface area contributed by atoms with E-state index in [0.717, 1.165) is 27.9 Å². The van der Waals surface area contributed by atoms with Crippen molar-refractivity contribution in [2.45, 2.75) is 6.92 Å². The zero-order chi connectivity index (χ0) is 14.1. The minimum Gasteiger partial charge on any atom is -0.323 e. The van der Waals surface area contributed by atoms with Crippen LogP contribution in [0.4, 0.5) is 10.1 Å². The molecule has 0 fully saturated rings. The number of hydrazine groups is 1. The van der Waals surface area contributed by atoms with Gasteiger partial charge < -0.3 is 5.43 Å². The van der Waals surface area contributed by atoms with Crippen LogP contribution in [0.3, 0.4) is 0 Å². The minimum atomic E-state index is -0.296. The quantitative estimate of drug-likeness (QED) is 0.550. The van der Waals surface area contributed by atoms with Crippen LogP contribution in [0.2, 0.25) is 0 Å². The molecule has 100 valence electrons. The Balaban J connectivity index is 2.32. The Labute approximate surface area is 116 Å². The van der Waals surface area contributed by atoms with E-state index >= 15 is 0 Å². The van der Waals surface area contributed by atoms with Gasteiger partial charge in [0, 0.05) is 17.0 Å². The van der Waals surface area contributed by atoms with E-state index in [1.165, 1.54) is 12.1 Å². The molecular formula is C16H14FN3. The molecule has 0 aliphatic heterocycles. The number of nitrogens with two attached hydrogens (primary N) is 1. The van der Waals surface area contributed by atoms with Crippen LogP contribution in [0.1, 0.15) is 5.56 Å². The number of nitrogen functional groups attached to an aromatic ring is 1. The van der Waals surface area contributed by atoms with Crippen molar-refractivity contribution < 1.29 is 4.39 Å². The van der Waals surface area contributed by atoms with Crippen LogP contribution in [0.5, 0.6) is 0 Å². The molecule has 1 heterocycles. The van der Waals surface area contributed by atoms with E-state index in [-0.39, 0.29) is 5.82 Å². The molecule has 3 nitrogen and oxygen atoms in total. The molecule has 0 amide bonds. The lowest BCUT2D eigenvalue weighted by Gasteiger charge is -2.11. The van der Waals surface area contributed by atoms with Crippen LogP contribution in [-0.2, 0) is 0 Å². The van der Waals surface area contributed by atoms with E-state index < -0.39 is 0 Å². The van der Waals surface area contributed by atoms with Crippen LogP contribution < -0.4 is 11.3 Å². The van der Waals surface area contributed by atoms with Gasteiger partial charge in [-0.25, -0.2) is 9.37 Å². The molecule has 3 N–H and O–H groups in total. The number of hydrogen-bond acceptors (Lipinski definition) is 3. The molecule has 0 spiro atoms. The highest BCUT2D eigenvalue weighted by molar-refractivity contribution is 5.96. The molecule has 0 saturated carbocycles. The Morgan fingerprint density at radius 3 is 2.55 bits per heavy atom. The average Bonchev–Trinajstić information content (AvgIpc) is 2.46. The molecular weight excluding hydrogens is 253 g/mol. The van der Waals surface area contributed by atoms with E-state index in [0.29, 0.717) is 5.52 Å². The number of halogens is 1. The van der Waals surface area contributed by atoms with Crippen molar-refractivity contribution in [2.75, 3.05) is 5.43 Å². The first-order valence-electron chi connectivity index (χ1n) is 6.32. The first kappa shape index (κ1) is 12.6. The van der Waals surface area contributed by atoms with E-state index in [4.69, 9.17) is 5.84 Å². The predicted molar refractivity (Wildman–Crippen MR) is 79.7 cm³/mol. The smallest absolute Gasteiger partial charge is 0.125 e. The number of hydrogen-bond donors (Lipinski definition) is 2. The van der Waals surface area contributed by atoms with Gasteiger partial charge in [0.25, 0.3) is 0 Å². The summed E-state index contributed by atoms with van der Waals surface area (Å²) in [6.45, 7) is 1.84. The van der Waals surface area contributed by atoms with Gasteiger partial charge in [0.1, 0.15) is 5.82 Å². The van der Waals surface area contributed by atoms with E-state index in [1.807, 2.05) is 43.3 Å². The molecule has 3 rings (SSSR count). The molecule has 4 heteroatoms. The predicted octanol–water partition coefficient (Wildman–Crippen LogP) is 3.63. The summed E-state index contributed by atoms with van der Waals surface area (Å²) in [4.78, 5) is 4.54. The lowest BCUT2D eigenvalue weighted by Crippen LogP contribution is -2.08. The van der Waals surface area contributed by atoms with Crippen molar-refractivity contribution in [2.24, 2.45) is 5.84 Å². The highest BCUT2D eigenvalue weighted by atomic mass is 19.1. The maximum atomic E-state index is 13.6. The molecule has 0 saturated heterocycles. The molecule has 1 aromatic heterocycles. The largest absolute Gasteiger partial charge is 0.323 e. The Kier molecular flexibility index (Phi) is 3.08. The van der Waals surface area contributed by atoms with E-state index in [1.54, 1.807) is 0 Å². The highest BCUT2D eigenvalue weighted by Gasteiger charge is 2.10. The van der Waals surface area contributed by atoms with Crippen LogP contribution in [0.15, 0.2) is 48.5 Å². The lowest BCUT2D eigenvalue weighted by atomic mass is 10.0. The van der Waals surface area contributed by atoms with Gasteiger partial charge >= 0.3 is 0 Å². The van der Waals surface area contributed by atoms with Crippen molar-refractivity contribution in [3.63, 3.8) is 0 Å². The zero-order valence-corrected chi connectivity index (χ0v) is 11.0. The van der Waals surface area contributed by atoms with Gasteiger partial charge in [0.15, 0.2) is 0 Å². The molecule has 3 aromatic rings. The molecule has 20 heavy (non-hydrogen) atoms. The van der Waals surface area contributed by atoms with Crippen LogP contribution in [0.25, 0.3) is 22.2 Å². The van der Waals surface area contributed by atoms with Gasteiger partial charge in [-0.15, -0.1) is 0 Å². The molecule has 2 aromatic carbocycles. The summed E-state index contributed by atoms with van der Waals surface area (Å²) in [6.07, 6.45) is 0. The molecule has 0 aliphatic rings. The van der Waals surface area contributed by atoms with Crippen molar-refractivity contribution in [1.82, 2.24) is 4.98 Å². The summed E-state index contributed by atoms with van der Waals surface area (Å²) < 4.78 is 13.6. The summed E-state index contributed by atoms with van der Waals surface area (Å²) in [6, 6.07) is 14.5. The zero-order valence-electron chi connectivity index (χ0n) is 11.0. The maximum absolute atomic E-state index is 13.6. The summed E-state index contributed by atoms with van der Waals surface area (Å²) in [5, 5.41) is 0.841. The van der Waals surface area contributed by atoms with Gasteiger partial charge in [0.2, 0.25) is 0 Å². The summed E-state index contributed by atoms with van der Waals surface area (Å²) in [7, 11) is 0. The molecule has 0 bridgehead atoms. The number of pyridine rings is 1. The second kappa shape index (κ2) is 4.90. The van der Waals surface area contributed by atoms with Gasteiger partial charge in [-0.3, -0.25) is 5.84 Å². The second-order valence-corrected chi connectivity index (χ2v) is 4.68. The maximum Gasteiger partial charge on any atom is 0.125 e. The third-order valence-corrected chi connectivity index (χ3v) is 3.30. The summed E-state index contributed by atoms with van der Waals surface area (Å²) in [5.74, 6) is 5.30. The highest BCUT2D eigenvalue weighted by Crippen LogP contribution is 2.30. The van der Waals surface area contributed by atoms with Gasteiger partial charge in [-0.1, -0.05) is 30.3 Å².